The monoisotopic (exact) mass is 738 g/mol. The summed E-state index contributed by atoms with van der Waals surface area (Å²) < 4.78 is 5.45. The molecule has 52 heavy (non-hydrogen) atoms. The van der Waals surface area contributed by atoms with Crippen molar-refractivity contribution >= 4 is 11.9 Å². The lowest BCUT2D eigenvalue weighted by atomic mass is 10.0. The molecule has 6 heteroatoms. The third kappa shape index (κ3) is 38.6. The Morgan fingerprint density at radius 3 is 1.17 bits per heavy atom. The molecule has 0 aromatic rings. The first-order valence-electron chi connectivity index (χ1n) is 23.3. The number of rotatable bonds is 43. The number of unbranched alkanes of at least 4 members (excludes halogenated alkanes) is 32. The highest BCUT2D eigenvalue weighted by Crippen LogP contribution is 2.16. The lowest BCUT2D eigenvalue weighted by molar-refractivity contribution is -0.143. The predicted octanol–water partition coefficient (Wildman–Crippen LogP) is 13.2. The van der Waals surface area contributed by atoms with Crippen LogP contribution in [0.25, 0.3) is 0 Å². The van der Waals surface area contributed by atoms with E-state index in [4.69, 9.17) is 4.74 Å². The summed E-state index contributed by atoms with van der Waals surface area (Å²) in [7, 11) is 0. The van der Waals surface area contributed by atoms with Crippen LogP contribution in [0.3, 0.4) is 0 Å². The van der Waals surface area contributed by atoms with E-state index < -0.39 is 12.1 Å². The molecule has 0 aromatic heterocycles. The SMILES string of the molecule is CCCCCCCCCCCCCCCCC(=O)OCCCCCCCCCCCCCCC(=O)NC(CO)C(O)CCCCCCCCCCC. The molecule has 0 fully saturated rings. The van der Waals surface area contributed by atoms with Gasteiger partial charge >= 0.3 is 5.97 Å². The zero-order valence-electron chi connectivity index (χ0n) is 35.1. The normalized spacial score (nSPS) is 12.6. The number of amides is 1. The predicted molar refractivity (Wildman–Crippen MR) is 223 cm³/mol. The Labute approximate surface area is 324 Å². The average molecular weight is 738 g/mol. The Morgan fingerprint density at radius 2 is 0.788 bits per heavy atom. The van der Waals surface area contributed by atoms with Gasteiger partial charge < -0.3 is 20.3 Å². The van der Waals surface area contributed by atoms with Gasteiger partial charge in [0, 0.05) is 12.8 Å². The molecule has 6 nitrogen and oxygen atoms in total. The highest BCUT2D eigenvalue weighted by Gasteiger charge is 2.20. The molecule has 0 rings (SSSR count). The fourth-order valence-corrected chi connectivity index (χ4v) is 7.29. The van der Waals surface area contributed by atoms with Gasteiger partial charge in [0.2, 0.25) is 5.91 Å². The third-order valence-electron chi connectivity index (χ3n) is 10.9. The maximum atomic E-state index is 12.4. The van der Waals surface area contributed by atoms with Crippen LogP contribution in [0, 0.1) is 0 Å². The molecule has 3 N–H and O–H groups in total. The van der Waals surface area contributed by atoms with E-state index in [0.717, 1.165) is 57.8 Å². The molecule has 0 heterocycles. The maximum Gasteiger partial charge on any atom is 0.305 e. The van der Waals surface area contributed by atoms with Gasteiger partial charge in [-0.05, 0) is 25.7 Å². The molecule has 0 saturated carbocycles. The van der Waals surface area contributed by atoms with Gasteiger partial charge in [0.25, 0.3) is 0 Å². The van der Waals surface area contributed by atoms with Crippen LogP contribution in [-0.2, 0) is 14.3 Å². The van der Waals surface area contributed by atoms with Crippen molar-refractivity contribution in [1.29, 1.82) is 0 Å². The first-order valence-corrected chi connectivity index (χ1v) is 23.3. The number of aliphatic hydroxyl groups is 2. The summed E-state index contributed by atoms with van der Waals surface area (Å²) in [4.78, 5) is 24.4. The Kier molecular flexibility index (Phi) is 41.7. The van der Waals surface area contributed by atoms with Crippen molar-refractivity contribution in [3.63, 3.8) is 0 Å². The molecule has 2 unspecified atom stereocenters. The van der Waals surface area contributed by atoms with E-state index in [1.807, 2.05) is 0 Å². The van der Waals surface area contributed by atoms with Gasteiger partial charge in [-0.1, -0.05) is 219 Å². The Morgan fingerprint density at radius 1 is 0.462 bits per heavy atom. The van der Waals surface area contributed by atoms with Crippen LogP contribution in [0.5, 0.6) is 0 Å². The van der Waals surface area contributed by atoms with E-state index >= 15 is 0 Å². The van der Waals surface area contributed by atoms with Gasteiger partial charge in [-0.15, -0.1) is 0 Å². The Bertz CT molecular complexity index is 732. The van der Waals surface area contributed by atoms with Crippen molar-refractivity contribution in [3.8, 4) is 0 Å². The molecule has 0 aliphatic rings. The summed E-state index contributed by atoms with van der Waals surface area (Å²) >= 11 is 0. The van der Waals surface area contributed by atoms with Crippen molar-refractivity contribution in [2.24, 2.45) is 0 Å². The van der Waals surface area contributed by atoms with Gasteiger partial charge in [0.15, 0.2) is 0 Å². The van der Waals surface area contributed by atoms with Gasteiger partial charge in [0.05, 0.1) is 25.4 Å². The van der Waals surface area contributed by atoms with E-state index in [0.29, 0.717) is 25.9 Å². The van der Waals surface area contributed by atoms with Crippen LogP contribution in [0.15, 0.2) is 0 Å². The summed E-state index contributed by atoms with van der Waals surface area (Å²) in [6.45, 7) is 4.90. The fourth-order valence-electron chi connectivity index (χ4n) is 7.29. The second-order valence-corrected chi connectivity index (χ2v) is 16.1. The van der Waals surface area contributed by atoms with Crippen LogP contribution in [0.1, 0.15) is 258 Å². The van der Waals surface area contributed by atoms with Crippen molar-refractivity contribution in [1.82, 2.24) is 5.32 Å². The van der Waals surface area contributed by atoms with Crippen molar-refractivity contribution in [2.45, 2.75) is 270 Å². The summed E-state index contributed by atoms with van der Waals surface area (Å²) in [6, 6.07) is -0.549. The zero-order chi connectivity index (χ0) is 38.0. The first-order chi connectivity index (χ1) is 25.5. The Hall–Kier alpha value is -1.14. The average Bonchev–Trinajstić information content (AvgIpc) is 3.14. The molecule has 1 amide bonds. The minimum atomic E-state index is -0.670. The second-order valence-electron chi connectivity index (χ2n) is 16.1. The summed E-state index contributed by atoms with van der Waals surface area (Å²) in [5, 5.41) is 23.0. The van der Waals surface area contributed by atoms with Crippen LogP contribution in [0.4, 0.5) is 0 Å². The molecule has 0 aliphatic carbocycles. The standard InChI is InChI=1S/C46H91NO5/c1-3-5-7-9-11-13-14-15-16-20-24-28-32-36-40-46(51)52-41-37-33-29-25-21-18-17-19-23-27-31-35-39-45(50)47-43(42-48)44(49)38-34-30-26-22-12-10-8-6-4-2/h43-44,48-49H,3-42H2,1-2H3,(H,47,50). The molecule has 0 aromatic carbocycles. The number of carbonyl (C=O) groups excluding carboxylic acids is 2. The van der Waals surface area contributed by atoms with E-state index in [-0.39, 0.29) is 18.5 Å². The zero-order valence-corrected chi connectivity index (χ0v) is 35.1. The van der Waals surface area contributed by atoms with Crippen LogP contribution >= 0.6 is 0 Å². The largest absolute Gasteiger partial charge is 0.466 e. The number of esters is 1. The second kappa shape index (κ2) is 42.6. The van der Waals surface area contributed by atoms with E-state index in [1.165, 1.54) is 167 Å². The van der Waals surface area contributed by atoms with Gasteiger partial charge in [-0.25, -0.2) is 0 Å². The fraction of sp³-hybridized carbons (Fsp3) is 0.957. The topological polar surface area (TPSA) is 95.9 Å². The minimum absolute atomic E-state index is 0.00723. The number of nitrogens with one attached hydrogen (secondary N) is 1. The quantitative estimate of drug-likeness (QED) is 0.0428. The molecule has 0 bridgehead atoms. The van der Waals surface area contributed by atoms with Crippen LogP contribution < -0.4 is 5.32 Å². The van der Waals surface area contributed by atoms with Crippen molar-refractivity contribution in [2.75, 3.05) is 13.2 Å². The van der Waals surface area contributed by atoms with E-state index in [9.17, 15) is 19.8 Å². The van der Waals surface area contributed by atoms with Crippen LogP contribution in [0.2, 0.25) is 0 Å². The number of carbonyl (C=O) groups is 2. The first kappa shape index (κ1) is 50.9. The third-order valence-corrected chi connectivity index (χ3v) is 10.9. The number of ether oxygens (including phenoxy) is 1. The summed E-state index contributed by atoms with van der Waals surface area (Å²) in [5.74, 6) is -0.0595. The highest BCUT2D eigenvalue weighted by molar-refractivity contribution is 5.76. The van der Waals surface area contributed by atoms with Crippen LogP contribution in [-0.4, -0.2) is 47.4 Å². The molecule has 310 valence electrons. The Balaban J connectivity index is 3.42. The van der Waals surface area contributed by atoms with Gasteiger partial charge in [-0.3, -0.25) is 9.59 Å². The lowest BCUT2D eigenvalue weighted by Gasteiger charge is -2.22. The summed E-state index contributed by atoms with van der Waals surface area (Å²) in [5.41, 5.74) is 0. The number of aliphatic hydroxyl groups excluding tert-OH is 2. The molecule has 0 radical (unpaired) electrons. The molecular formula is C46H91NO5. The van der Waals surface area contributed by atoms with Gasteiger partial charge in [-0.2, -0.15) is 0 Å². The maximum absolute atomic E-state index is 12.4. The molecule has 0 spiro atoms. The lowest BCUT2D eigenvalue weighted by Crippen LogP contribution is -2.45. The van der Waals surface area contributed by atoms with E-state index in [2.05, 4.69) is 19.2 Å². The minimum Gasteiger partial charge on any atom is -0.466 e. The number of hydrogen-bond acceptors (Lipinski definition) is 5. The molecule has 0 saturated heterocycles. The van der Waals surface area contributed by atoms with E-state index in [1.54, 1.807) is 0 Å². The smallest absolute Gasteiger partial charge is 0.305 e. The highest BCUT2D eigenvalue weighted by atomic mass is 16.5. The molecular weight excluding hydrogens is 647 g/mol. The molecule has 0 aliphatic heterocycles. The van der Waals surface area contributed by atoms with Gasteiger partial charge in [0.1, 0.15) is 0 Å². The summed E-state index contributed by atoms with van der Waals surface area (Å²) in [6.07, 6.45) is 44.9. The molecule has 2 atom stereocenters. The van der Waals surface area contributed by atoms with Crippen molar-refractivity contribution < 1.29 is 24.5 Å². The number of hydrogen-bond donors (Lipinski definition) is 3. The van der Waals surface area contributed by atoms with Crippen molar-refractivity contribution in [3.05, 3.63) is 0 Å².